The summed E-state index contributed by atoms with van der Waals surface area (Å²) in [5.74, 6) is -0.806. The van der Waals surface area contributed by atoms with Gasteiger partial charge in [-0.05, 0) is 30.7 Å². The van der Waals surface area contributed by atoms with E-state index in [-0.39, 0.29) is 24.6 Å². The Kier molecular flexibility index (Phi) is 4.33. The summed E-state index contributed by atoms with van der Waals surface area (Å²) in [5.41, 5.74) is 0.628. The molecule has 0 bridgehead atoms. The van der Waals surface area contributed by atoms with Gasteiger partial charge in [-0.2, -0.15) is 5.26 Å². The van der Waals surface area contributed by atoms with Gasteiger partial charge in [0.05, 0.1) is 6.07 Å². The lowest BCUT2D eigenvalue weighted by molar-refractivity contribution is 0.0820. The molecule has 0 spiro atoms. The molecule has 1 fully saturated rings. The molecule has 102 valence electrons. The number of alkyl halides is 1. The van der Waals surface area contributed by atoms with E-state index in [0.29, 0.717) is 25.1 Å². The van der Waals surface area contributed by atoms with Crippen LogP contribution in [-0.4, -0.2) is 29.3 Å². The summed E-state index contributed by atoms with van der Waals surface area (Å²) in [4.78, 5) is 1.88. The maximum Gasteiger partial charge on any atom is 0.127 e. The summed E-state index contributed by atoms with van der Waals surface area (Å²) in [5, 5.41) is 17.9. The van der Waals surface area contributed by atoms with Crippen LogP contribution in [0.15, 0.2) is 18.2 Å². The highest BCUT2D eigenvalue weighted by molar-refractivity contribution is 5.28. The molecule has 0 saturated carbocycles. The summed E-state index contributed by atoms with van der Waals surface area (Å²) < 4.78 is 27.0. The van der Waals surface area contributed by atoms with E-state index in [0.717, 1.165) is 6.07 Å². The number of phenols is 1. The van der Waals surface area contributed by atoms with Crippen molar-refractivity contribution in [3.8, 4) is 11.8 Å². The van der Waals surface area contributed by atoms with Crippen LogP contribution in [0.4, 0.5) is 8.78 Å². The van der Waals surface area contributed by atoms with E-state index in [4.69, 9.17) is 5.26 Å². The Morgan fingerprint density at radius 3 is 2.84 bits per heavy atom. The zero-order valence-corrected chi connectivity index (χ0v) is 10.5. The van der Waals surface area contributed by atoms with Gasteiger partial charge in [0.25, 0.3) is 0 Å². The maximum atomic E-state index is 13.8. The minimum absolute atomic E-state index is 0.119. The minimum atomic E-state index is -1.02. The number of nitriles is 1. The quantitative estimate of drug-likeness (QED) is 0.914. The van der Waals surface area contributed by atoms with E-state index in [1.165, 1.54) is 12.1 Å². The van der Waals surface area contributed by atoms with Crippen LogP contribution in [0, 0.1) is 23.1 Å². The van der Waals surface area contributed by atoms with Gasteiger partial charge in [0.15, 0.2) is 0 Å². The molecular weight excluding hydrogens is 250 g/mol. The molecule has 5 heteroatoms. The highest BCUT2D eigenvalue weighted by Gasteiger charge is 2.28. The Balaban J connectivity index is 1.96. The van der Waals surface area contributed by atoms with Crippen LogP contribution < -0.4 is 0 Å². The molecule has 3 nitrogen and oxygen atoms in total. The Labute approximate surface area is 111 Å². The number of aromatic hydroxyl groups is 1. The van der Waals surface area contributed by atoms with E-state index in [9.17, 15) is 13.9 Å². The van der Waals surface area contributed by atoms with E-state index in [1.807, 2.05) is 11.0 Å². The van der Waals surface area contributed by atoms with Crippen LogP contribution in [0.5, 0.6) is 5.75 Å². The minimum Gasteiger partial charge on any atom is -0.508 e. The predicted octanol–water partition coefficient (Wildman–Crippen LogP) is 2.60. The van der Waals surface area contributed by atoms with Crippen molar-refractivity contribution in [2.45, 2.75) is 25.6 Å². The van der Waals surface area contributed by atoms with Crippen molar-refractivity contribution >= 4 is 0 Å². The molecule has 1 aliphatic heterocycles. The number of hydrogen-bond donors (Lipinski definition) is 1. The van der Waals surface area contributed by atoms with Gasteiger partial charge in [-0.15, -0.1) is 0 Å². The molecule has 2 rings (SSSR count). The number of piperidine rings is 1. The first kappa shape index (κ1) is 13.8. The van der Waals surface area contributed by atoms with Gasteiger partial charge in [-0.3, -0.25) is 4.90 Å². The highest BCUT2D eigenvalue weighted by Crippen LogP contribution is 2.25. The summed E-state index contributed by atoms with van der Waals surface area (Å²) in [6.45, 7) is 1.35. The Bertz CT molecular complexity index is 467. The molecule has 19 heavy (non-hydrogen) atoms. The van der Waals surface area contributed by atoms with Gasteiger partial charge in [0.1, 0.15) is 17.7 Å². The first-order chi connectivity index (χ1) is 9.08. The van der Waals surface area contributed by atoms with E-state index >= 15 is 0 Å². The van der Waals surface area contributed by atoms with Gasteiger partial charge in [-0.1, -0.05) is 0 Å². The number of phenolic OH excluding ortho intramolecular Hbond substituents is 1. The van der Waals surface area contributed by atoms with Crippen LogP contribution >= 0.6 is 0 Å². The Morgan fingerprint density at radius 2 is 2.21 bits per heavy atom. The topological polar surface area (TPSA) is 47.3 Å². The second kappa shape index (κ2) is 5.98. The van der Waals surface area contributed by atoms with E-state index in [2.05, 4.69) is 0 Å². The average Bonchev–Trinajstić information content (AvgIpc) is 2.31. The molecule has 1 N–H and O–H groups in total. The number of likely N-dealkylation sites (tertiary alicyclic amines) is 1. The molecule has 2 unspecified atom stereocenters. The summed E-state index contributed by atoms with van der Waals surface area (Å²) in [7, 11) is 0. The van der Waals surface area contributed by atoms with E-state index in [1.54, 1.807) is 0 Å². The molecule has 0 radical (unpaired) electrons. The molecule has 1 aromatic rings. The standard InChI is InChI=1S/C14H16F2N2O/c15-12-5-10(6-13(19)7-12)8-18-4-2-11(1-3-17)14(16)9-18/h5-7,11,14,19H,1-2,4,8-9H2. The van der Waals surface area contributed by atoms with Gasteiger partial charge in [-0.25, -0.2) is 8.78 Å². The van der Waals surface area contributed by atoms with Crippen LogP contribution in [0.25, 0.3) is 0 Å². The predicted molar refractivity (Wildman–Crippen MR) is 66.6 cm³/mol. The fraction of sp³-hybridized carbons (Fsp3) is 0.500. The van der Waals surface area contributed by atoms with Crippen LogP contribution in [0.3, 0.4) is 0 Å². The number of nitrogens with zero attached hydrogens (tertiary/aromatic N) is 2. The molecule has 0 aliphatic carbocycles. The van der Waals surface area contributed by atoms with Crippen molar-refractivity contribution < 1.29 is 13.9 Å². The number of halogens is 2. The fourth-order valence-electron chi connectivity index (χ4n) is 2.49. The Hall–Kier alpha value is -1.67. The summed E-state index contributed by atoms with van der Waals surface area (Å²) in [6, 6.07) is 5.87. The zero-order valence-electron chi connectivity index (χ0n) is 10.5. The van der Waals surface area contributed by atoms with Gasteiger partial charge < -0.3 is 5.11 Å². The molecule has 1 aliphatic rings. The van der Waals surface area contributed by atoms with Crippen molar-refractivity contribution in [1.29, 1.82) is 5.26 Å². The molecule has 1 aromatic carbocycles. The maximum absolute atomic E-state index is 13.8. The van der Waals surface area contributed by atoms with Gasteiger partial charge >= 0.3 is 0 Å². The molecular formula is C14H16F2N2O. The van der Waals surface area contributed by atoms with Crippen LogP contribution in [0.2, 0.25) is 0 Å². The normalized spacial score (nSPS) is 24.1. The number of hydrogen-bond acceptors (Lipinski definition) is 3. The van der Waals surface area contributed by atoms with Crippen molar-refractivity contribution in [2.24, 2.45) is 5.92 Å². The third kappa shape index (κ3) is 3.65. The highest BCUT2D eigenvalue weighted by atomic mass is 19.1. The second-order valence-electron chi connectivity index (χ2n) is 4.98. The molecule has 1 saturated heterocycles. The van der Waals surface area contributed by atoms with Gasteiger partial charge in [0, 0.05) is 31.5 Å². The molecule has 0 amide bonds. The van der Waals surface area contributed by atoms with Gasteiger partial charge in [0.2, 0.25) is 0 Å². The monoisotopic (exact) mass is 266 g/mol. The number of rotatable bonds is 3. The second-order valence-corrected chi connectivity index (χ2v) is 4.98. The lowest BCUT2D eigenvalue weighted by Gasteiger charge is -2.33. The number of benzene rings is 1. The zero-order chi connectivity index (χ0) is 13.8. The largest absolute Gasteiger partial charge is 0.508 e. The first-order valence-corrected chi connectivity index (χ1v) is 6.30. The Morgan fingerprint density at radius 1 is 1.42 bits per heavy atom. The van der Waals surface area contributed by atoms with Crippen molar-refractivity contribution in [2.75, 3.05) is 13.1 Å². The fourth-order valence-corrected chi connectivity index (χ4v) is 2.49. The van der Waals surface area contributed by atoms with E-state index < -0.39 is 12.0 Å². The molecule has 0 aromatic heterocycles. The third-order valence-corrected chi connectivity index (χ3v) is 3.46. The van der Waals surface area contributed by atoms with Crippen molar-refractivity contribution in [3.63, 3.8) is 0 Å². The lowest BCUT2D eigenvalue weighted by atomic mass is 9.92. The molecule has 1 heterocycles. The van der Waals surface area contributed by atoms with Crippen LogP contribution in [-0.2, 0) is 6.54 Å². The molecule has 2 atom stereocenters. The third-order valence-electron chi connectivity index (χ3n) is 3.46. The van der Waals surface area contributed by atoms with Crippen molar-refractivity contribution in [1.82, 2.24) is 4.90 Å². The summed E-state index contributed by atoms with van der Waals surface area (Å²) >= 11 is 0. The average molecular weight is 266 g/mol. The first-order valence-electron chi connectivity index (χ1n) is 6.30. The van der Waals surface area contributed by atoms with Crippen molar-refractivity contribution in [3.05, 3.63) is 29.6 Å². The SMILES string of the molecule is N#CCC1CCN(Cc2cc(O)cc(F)c2)CC1F. The lowest BCUT2D eigenvalue weighted by Crippen LogP contribution is -2.41. The van der Waals surface area contributed by atoms with Crippen LogP contribution in [0.1, 0.15) is 18.4 Å². The summed E-state index contributed by atoms with van der Waals surface area (Å²) in [6.07, 6.45) is -0.137. The smallest absolute Gasteiger partial charge is 0.127 e.